The minimum absolute atomic E-state index is 0.113. The zero-order valence-corrected chi connectivity index (χ0v) is 14.1. The van der Waals surface area contributed by atoms with Crippen LogP contribution in [0.3, 0.4) is 0 Å². The summed E-state index contributed by atoms with van der Waals surface area (Å²) in [6, 6.07) is 6.10. The summed E-state index contributed by atoms with van der Waals surface area (Å²) in [5.74, 6) is 0.890. The number of nitrogens with one attached hydrogen (secondary N) is 1. The lowest BCUT2D eigenvalue weighted by atomic mass is 9.91. The van der Waals surface area contributed by atoms with Gasteiger partial charge in [-0.05, 0) is 48.7 Å². The van der Waals surface area contributed by atoms with E-state index in [4.69, 9.17) is 17.0 Å². The Hall–Kier alpha value is -1.62. The third-order valence-corrected chi connectivity index (χ3v) is 3.77. The van der Waals surface area contributed by atoms with Gasteiger partial charge in [-0.15, -0.1) is 0 Å². The highest BCUT2D eigenvalue weighted by Crippen LogP contribution is 2.31. The van der Waals surface area contributed by atoms with Crippen LogP contribution in [0.5, 0.6) is 5.75 Å². The molecule has 1 N–H and O–H groups in total. The first-order valence-corrected chi connectivity index (χ1v) is 7.53. The van der Waals surface area contributed by atoms with Gasteiger partial charge in [-0.2, -0.15) is 0 Å². The van der Waals surface area contributed by atoms with Crippen molar-refractivity contribution in [3.05, 3.63) is 40.4 Å². The molecule has 0 amide bonds. The van der Waals surface area contributed by atoms with Crippen LogP contribution < -0.4 is 4.74 Å². The fourth-order valence-corrected chi connectivity index (χ4v) is 2.40. The van der Waals surface area contributed by atoms with Gasteiger partial charge in [0, 0.05) is 6.42 Å². The number of benzene rings is 1. The van der Waals surface area contributed by atoms with Gasteiger partial charge in [-0.25, -0.2) is 9.67 Å². The molecule has 0 fully saturated rings. The molecule has 0 spiro atoms. The molecular weight excluding hydrogens is 282 g/mol. The average molecular weight is 305 g/mol. The SMILES string of the molecule is Cc1cccc(OC(CC(C)(C)C)n2[nH]cnc2=S)c1C. The number of hydrogen-bond donors (Lipinski definition) is 1. The smallest absolute Gasteiger partial charge is 0.219 e. The van der Waals surface area contributed by atoms with Gasteiger partial charge in [-0.3, -0.25) is 5.10 Å². The lowest BCUT2D eigenvalue weighted by Crippen LogP contribution is -2.23. The molecule has 21 heavy (non-hydrogen) atoms. The first-order chi connectivity index (χ1) is 9.78. The predicted octanol–water partition coefficient (Wildman–Crippen LogP) is 4.57. The third-order valence-electron chi connectivity index (χ3n) is 3.47. The molecular formula is C16H23N3OS. The Balaban J connectivity index is 2.35. The molecule has 0 radical (unpaired) electrons. The number of H-pyrrole nitrogens is 1. The van der Waals surface area contributed by atoms with Crippen LogP contribution in [0.1, 0.15) is 44.5 Å². The number of aromatic nitrogens is 3. The van der Waals surface area contributed by atoms with Gasteiger partial charge in [0.25, 0.3) is 0 Å². The molecule has 1 unspecified atom stereocenters. The van der Waals surface area contributed by atoms with Crippen LogP contribution in [0, 0.1) is 24.0 Å². The third kappa shape index (κ3) is 3.94. The number of ether oxygens (including phenoxy) is 1. The van der Waals surface area contributed by atoms with E-state index in [2.05, 4.69) is 50.8 Å². The highest BCUT2D eigenvalue weighted by Gasteiger charge is 2.23. The van der Waals surface area contributed by atoms with Crippen molar-refractivity contribution < 1.29 is 4.74 Å². The largest absolute Gasteiger partial charge is 0.468 e. The van der Waals surface area contributed by atoms with E-state index in [1.54, 1.807) is 6.33 Å². The van der Waals surface area contributed by atoms with Crippen LogP contribution in [-0.4, -0.2) is 14.8 Å². The van der Waals surface area contributed by atoms with Gasteiger partial charge in [0.2, 0.25) is 4.77 Å². The van der Waals surface area contributed by atoms with E-state index in [1.165, 1.54) is 5.56 Å². The summed E-state index contributed by atoms with van der Waals surface area (Å²) in [7, 11) is 0. The van der Waals surface area contributed by atoms with E-state index in [0.717, 1.165) is 17.7 Å². The first-order valence-electron chi connectivity index (χ1n) is 7.13. The Morgan fingerprint density at radius 3 is 2.62 bits per heavy atom. The summed E-state index contributed by atoms with van der Waals surface area (Å²) in [6.07, 6.45) is 2.24. The standard InChI is InChI=1S/C16H23N3OS/c1-11-7-6-8-13(12(11)2)20-14(9-16(3,4)5)19-15(21)17-10-18-19/h6-8,10,14H,9H2,1-5H3,(H,17,18,21). The van der Waals surface area contributed by atoms with Crippen LogP contribution in [-0.2, 0) is 0 Å². The van der Waals surface area contributed by atoms with E-state index in [1.807, 2.05) is 16.8 Å². The molecule has 1 aromatic carbocycles. The molecule has 2 rings (SSSR count). The monoisotopic (exact) mass is 305 g/mol. The average Bonchev–Trinajstić information content (AvgIpc) is 2.79. The highest BCUT2D eigenvalue weighted by atomic mass is 32.1. The van der Waals surface area contributed by atoms with Gasteiger partial charge in [0.05, 0.1) is 0 Å². The Bertz CT molecular complexity index is 667. The van der Waals surface area contributed by atoms with Gasteiger partial charge >= 0.3 is 0 Å². The molecule has 0 aliphatic rings. The minimum Gasteiger partial charge on any atom is -0.468 e. The second-order valence-corrected chi connectivity index (χ2v) is 6.94. The summed E-state index contributed by atoms with van der Waals surface area (Å²) < 4.78 is 8.57. The molecule has 0 bridgehead atoms. The van der Waals surface area contributed by atoms with Crippen LogP contribution in [0.4, 0.5) is 0 Å². The normalized spacial score (nSPS) is 13.2. The number of rotatable bonds is 4. The molecule has 4 nitrogen and oxygen atoms in total. The van der Waals surface area contributed by atoms with Crippen molar-refractivity contribution >= 4 is 12.2 Å². The van der Waals surface area contributed by atoms with Crippen molar-refractivity contribution in [3.8, 4) is 5.75 Å². The van der Waals surface area contributed by atoms with Crippen molar-refractivity contribution in [3.63, 3.8) is 0 Å². The quantitative estimate of drug-likeness (QED) is 0.841. The number of aryl methyl sites for hydroxylation is 1. The zero-order valence-electron chi connectivity index (χ0n) is 13.3. The maximum atomic E-state index is 6.25. The van der Waals surface area contributed by atoms with Crippen LogP contribution in [0.15, 0.2) is 24.5 Å². The number of aromatic amines is 1. The Morgan fingerprint density at radius 1 is 1.33 bits per heavy atom. The number of hydrogen-bond acceptors (Lipinski definition) is 3. The summed E-state index contributed by atoms with van der Waals surface area (Å²) >= 11 is 5.27. The fourth-order valence-electron chi connectivity index (χ4n) is 2.18. The summed E-state index contributed by atoms with van der Waals surface area (Å²) in [4.78, 5) is 4.09. The maximum Gasteiger partial charge on any atom is 0.219 e. The predicted molar refractivity (Wildman–Crippen MR) is 87.1 cm³/mol. The van der Waals surface area contributed by atoms with Crippen molar-refractivity contribution in [1.82, 2.24) is 14.8 Å². The molecule has 114 valence electrons. The molecule has 1 atom stereocenters. The maximum absolute atomic E-state index is 6.25. The Kier molecular flexibility index (Phi) is 4.52. The summed E-state index contributed by atoms with van der Waals surface area (Å²) in [6.45, 7) is 10.7. The molecule has 2 aromatic rings. The lowest BCUT2D eigenvalue weighted by molar-refractivity contribution is 0.0696. The first kappa shape index (κ1) is 15.8. The topological polar surface area (TPSA) is 42.8 Å². The van der Waals surface area contributed by atoms with E-state index in [0.29, 0.717) is 4.77 Å². The summed E-state index contributed by atoms with van der Waals surface area (Å²) in [5, 5.41) is 3.06. The van der Waals surface area contributed by atoms with Gasteiger partial charge in [0.1, 0.15) is 12.1 Å². The van der Waals surface area contributed by atoms with Crippen molar-refractivity contribution in [2.24, 2.45) is 5.41 Å². The molecule has 0 aliphatic carbocycles. The zero-order chi connectivity index (χ0) is 15.6. The number of nitrogens with zero attached hydrogens (tertiary/aromatic N) is 2. The lowest BCUT2D eigenvalue weighted by Gasteiger charge is -2.27. The molecule has 0 saturated heterocycles. The molecule has 0 aliphatic heterocycles. The van der Waals surface area contributed by atoms with E-state index < -0.39 is 0 Å². The van der Waals surface area contributed by atoms with Crippen molar-refractivity contribution in [2.45, 2.75) is 47.3 Å². The molecule has 0 saturated carbocycles. The molecule has 5 heteroatoms. The van der Waals surface area contributed by atoms with Crippen LogP contribution >= 0.6 is 12.2 Å². The second kappa shape index (κ2) is 6.02. The van der Waals surface area contributed by atoms with E-state index in [9.17, 15) is 0 Å². The van der Waals surface area contributed by atoms with Crippen molar-refractivity contribution in [2.75, 3.05) is 0 Å². The Labute approximate surface area is 131 Å². The van der Waals surface area contributed by atoms with E-state index >= 15 is 0 Å². The van der Waals surface area contributed by atoms with Gasteiger partial charge < -0.3 is 4.74 Å². The van der Waals surface area contributed by atoms with Gasteiger partial charge in [-0.1, -0.05) is 32.9 Å². The van der Waals surface area contributed by atoms with Gasteiger partial charge in [0.15, 0.2) is 6.23 Å². The Morgan fingerprint density at radius 2 is 2.05 bits per heavy atom. The minimum atomic E-state index is -0.194. The van der Waals surface area contributed by atoms with Crippen LogP contribution in [0.2, 0.25) is 0 Å². The second-order valence-electron chi connectivity index (χ2n) is 6.58. The molecule has 1 heterocycles. The molecule has 1 aromatic heterocycles. The highest BCUT2D eigenvalue weighted by molar-refractivity contribution is 7.71. The summed E-state index contributed by atoms with van der Waals surface area (Å²) in [5.41, 5.74) is 2.49. The van der Waals surface area contributed by atoms with E-state index in [-0.39, 0.29) is 11.6 Å². The van der Waals surface area contributed by atoms with Crippen molar-refractivity contribution in [1.29, 1.82) is 0 Å². The fraction of sp³-hybridized carbons (Fsp3) is 0.500. The van der Waals surface area contributed by atoms with Crippen LogP contribution in [0.25, 0.3) is 0 Å².